The molecular weight excluding hydrogens is 332 g/mol. The molecule has 1 amide bonds. The van der Waals surface area contributed by atoms with Gasteiger partial charge in [-0.2, -0.15) is 0 Å². The van der Waals surface area contributed by atoms with E-state index in [9.17, 15) is 4.79 Å². The zero-order valence-electron chi connectivity index (χ0n) is 12.5. The van der Waals surface area contributed by atoms with E-state index in [2.05, 4.69) is 15.9 Å². The fourth-order valence-electron chi connectivity index (χ4n) is 2.57. The number of rotatable bonds is 5. The van der Waals surface area contributed by atoms with Crippen molar-refractivity contribution in [3.8, 4) is 5.75 Å². The molecular formula is C16H23BrN2O2. The van der Waals surface area contributed by atoms with E-state index in [1.54, 1.807) is 0 Å². The summed E-state index contributed by atoms with van der Waals surface area (Å²) in [5.74, 6) is 0.779. The zero-order valence-corrected chi connectivity index (χ0v) is 14.1. The summed E-state index contributed by atoms with van der Waals surface area (Å²) < 4.78 is 6.69. The third-order valence-electron chi connectivity index (χ3n) is 3.75. The highest BCUT2D eigenvalue weighted by atomic mass is 79.9. The molecule has 1 heterocycles. The number of piperidine rings is 1. The van der Waals surface area contributed by atoms with Crippen molar-refractivity contribution in [1.29, 1.82) is 0 Å². The van der Waals surface area contributed by atoms with Gasteiger partial charge in [0.05, 0.1) is 4.47 Å². The Kier molecular flexibility index (Phi) is 6.06. The third kappa shape index (κ3) is 4.45. The molecule has 1 aromatic carbocycles. The molecule has 4 nitrogen and oxygen atoms in total. The number of carbonyl (C=O) groups is 1. The number of benzene rings is 1. The van der Waals surface area contributed by atoms with Gasteiger partial charge in [-0.1, -0.05) is 6.07 Å². The van der Waals surface area contributed by atoms with Gasteiger partial charge in [-0.25, -0.2) is 0 Å². The standard InChI is InChI=1S/C16H23BrN2O2/c1-12(16(20)19-9-3-2-4-10-19)21-15-6-5-13(7-8-18)11-14(15)17/h5-6,11-12H,2-4,7-10,18H2,1H3. The summed E-state index contributed by atoms with van der Waals surface area (Å²) in [6.45, 7) is 4.14. The topological polar surface area (TPSA) is 55.6 Å². The second-order valence-corrected chi connectivity index (χ2v) is 6.30. The van der Waals surface area contributed by atoms with E-state index in [0.717, 1.165) is 42.4 Å². The normalized spacial score (nSPS) is 16.6. The molecule has 0 aliphatic carbocycles. The maximum Gasteiger partial charge on any atom is 0.263 e. The number of amides is 1. The van der Waals surface area contributed by atoms with Crippen LogP contribution in [0.25, 0.3) is 0 Å². The lowest BCUT2D eigenvalue weighted by molar-refractivity contribution is -0.138. The molecule has 0 bridgehead atoms. The minimum Gasteiger partial charge on any atom is -0.480 e. The van der Waals surface area contributed by atoms with E-state index in [1.165, 1.54) is 6.42 Å². The predicted octanol–water partition coefficient (Wildman–Crippen LogP) is 2.73. The molecule has 0 spiro atoms. The Morgan fingerprint density at radius 3 is 2.71 bits per heavy atom. The fourth-order valence-corrected chi connectivity index (χ4v) is 3.09. The maximum atomic E-state index is 12.4. The van der Waals surface area contributed by atoms with E-state index in [4.69, 9.17) is 10.5 Å². The van der Waals surface area contributed by atoms with Crippen LogP contribution in [0.1, 0.15) is 31.7 Å². The molecule has 1 saturated heterocycles. The first kappa shape index (κ1) is 16.3. The number of hydrogen-bond donors (Lipinski definition) is 1. The first-order chi connectivity index (χ1) is 10.1. The number of ether oxygens (including phenoxy) is 1. The van der Waals surface area contributed by atoms with Crippen molar-refractivity contribution in [1.82, 2.24) is 4.90 Å². The van der Waals surface area contributed by atoms with Gasteiger partial charge in [0.1, 0.15) is 5.75 Å². The van der Waals surface area contributed by atoms with Crippen molar-refractivity contribution in [3.05, 3.63) is 28.2 Å². The smallest absolute Gasteiger partial charge is 0.263 e. The van der Waals surface area contributed by atoms with Crippen LogP contribution in [0.3, 0.4) is 0 Å². The van der Waals surface area contributed by atoms with Gasteiger partial charge < -0.3 is 15.4 Å². The summed E-state index contributed by atoms with van der Waals surface area (Å²) in [5, 5.41) is 0. The highest BCUT2D eigenvalue weighted by molar-refractivity contribution is 9.10. The van der Waals surface area contributed by atoms with Crippen molar-refractivity contribution >= 4 is 21.8 Å². The molecule has 1 aliphatic rings. The lowest BCUT2D eigenvalue weighted by Gasteiger charge is -2.29. The second-order valence-electron chi connectivity index (χ2n) is 5.45. The Bertz CT molecular complexity index is 487. The molecule has 2 rings (SSSR count). The Labute approximate surface area is 134 Å². The molecule has 1 fully saturated rings. The number of nitrogens with zero attached hydrogens (tertiary/aromatic N) is 1. The molecule has 1 atom stereocenters. The molecule has 1 aromatic rings. The first-order valence-electron chi connectivity index (χ1n) is 7.55. The first-order valence-corrected chi connectivity index (χ1v) is 8.35. The van der Waals surface area contributed by atoms with Gasteiger partial charge in [0.2, 0.25) is 0 Å². The molecule has 0 aromatic heterocycles. The summed E-state index contributed by atoms with van der Waals surface area (Å²) in [6, 6.07) is 5.89. The summed E-state index contributed by atoms with van der Waals surface area (Å²) in [5.41, 5.74) is 6.71. The van der Waals surface area contributed by atoms with E-state index in [-0.39, 0.29) is 5.91 Å². The fraction of sp³-hybridized carbons (Fsp3) is 0.562. The molecule has 5 heteroatoms. The summed E-state index contributed by atoms with van der Waals surface area (Å²) in [6.07, 6.45) is 3.78. The van der Waals surface area contributed by atoms with Crippen LogP contribution in [0.4, 0.5) is 0 Å². The average Bonchev–Trinajstić information content (AvgIpc) is 2.50. The third-order valence-corrected chi connectivity index (χ3v) is 4.37. The molecule has 2 N–H and O–H groups in total. The van der Waals surface area contributed by atoms with Crippen LogP contribution in [0, 0.1) is 0 Å². The summed E-state index contributed by atoms with van der Waals surface area (Å²) in [7, 11) is 0. The lowest BCUT2D eigenvalue weighted by Crippen LogP contribution is -2.43. The predicted molar refractivity (Wildman–Crippen MR) is 87.4 cm³/mol. The molecule has 0 saturated carbocycles. The number of likely N-dealkylation sites (tertiary alicyclic amines) is 1. The SMILES string of the molecule is CC(Oc1ccc(CCN)cc1Br)C(=O)N1CCCCC1. The number of halogens is 1. The van der Waals surface area contributed by atoms with E-state index >= 15 is 0 Å². The van der Waals surface area contributed by atoms with Gasteiger partial charge in [0, 0.05) is 13.1 Å². The highest BCUT2D eigenvalue weighted by Gasteiger charge is 2.23. The van der Waals surface area contributed by atoms with Crippen LogP contribution in [-0.2, 0) is 11.2 Å². The molecule has 0 radical (unpaired) electrons. The minimum absolute atomic E-state index is 0.0765. The summed E-state index contributed by atoms with van der Waals surface area (Å²) in [4.78, 5) is 14.3. The van der Waals surface area contributed by atoms with Crippen molar-refractivity contribution in [2.24, 2.45) is 5.73 Å². The largest absolute Gasteiger partial charge is 0.480 e. The Morgan fingerprint density at radius 2 is 2.10 bits per heavy atom. The minimum atomic E-state index is -0.459. The van der Waals surface area contributed by atoms with Gasteiger partial charge >= 0.3 is 0 Å². The van der Waals surface area contributed by atoms with Crippen molar-refractivity contribution in [2.75, 3.05) is 19.6 Å². The van der Waals surface area contributed by atoms with Crippen molar-refractivity contribution in [2.45, 2.75) is 38.7 Å². The highest BCUT2D eigenvalue weighted by Crippen LogP contribution is 2.27. The van der Waals surface area contributed by atoms with Crippen LogP contribution in [0.15, 0.2) is 22.7 Å². The van der Waals surface area contributed by atoms with Crippen LogP contribution in [-0.4, -0.2) is 36.5 Å². The number of hydrogen-bond acceptors (Lipinski definition) is 3. The Hall–Kier alpha value is -1.07. The van der Waals surface area contributed by atoms with Crippen LogP contribution in [0.5, 0.6) is 5.75 Å². The van der Waals surface area contributed by atoms with Crippen LogP contribution >= 0.6 is 15.9 Å². The quantitative estimate of drug-likeness (QED) is 0.884. The Balaban J connectivity index is 1.98. The van der Waals surface area contributed by atoms with Crippen molar-refractivity contribution in [3.63, 3.8) is 0 Å². The average molecular weight is 355 g/mol. The Morgan fingerprint density at radius 1 is 1.38 bits per heavy atom. The van der Waals surface area contributed by atoms with E-state index in [1.807, 2.05) is 30.0 Å². The van der Waals surface area contributed by atoms with Gasteiger partial charge in [-0.15, -0.1) is 0 Å². The monoisotopic (exact) mass is 354 g/mol. The summed E-state index contributed by atoms with van der Waals surface area (Å²) >= 11 is 3.50. The van der Waals surface area contributed by atoms with Gasteiger partial charge in [0.25, 0.3) is 5.91 Å². The lowest BCUT2D eigenvalue weighted by atomic mass is 10.1. The van der Waals surface area contributed by atoms with Gasteiger partial charge in [-0.3, -0.25) is 4.79 Å². The number of carbonyl (C=O) groups excluding carboxylic acids is 1. The van der Waals surface area contributed by atoms with Gasteiger partial charge in [0.15, 0.2) is 6.10 Å². The second kappa shape index (κ2) is 7.80. The van der Waals surface area contributed by atoms with E-state index in [0.29, 0.717) is 12.3 Å². The van der Waals surface area contributed by atoms with Crippen molar-refractivity contribution < 1.29 is 9.53 Å². The van der Waals surface area contributed by atoms with Crippen LogP contribution in [0.2, 0.25) is 0 Å². The number of nitrogens with two attached hydrogens (primary N) is 1. The molecule has 21 heavy (non-hydrogen) atoms. The zero-order chi connectivity index (χ0) is 15.2. The molecule has 1 aliphatic heterocycles. The van der Waals surface area contributed by atoms with E-state index < -0.39 is 6.10 Å². The molecule has 1 unspecified atom stereocenters. The molecule has 116 valence electrons. The van der Waals surface area contributed by atoms with Gasteiger partial charge in [-0.05, 0) is 72.8 Å². The van der Waals surface area contributed by atoms with Crippen LogP contribution < -0.4 is 10.5 Å². The maximum absolute atomic E-state index is 12.4.